The van der Waals surface area contributed by atoms with Crippen molar-refractivity contribution in [2.45, 2.75) is 32.3 Å². The van der Waals surface area contributed by atoms with Gasteiger partial charge in [0.25, 0.3) is 5.91 Å². The van der Waals surface area contributed by atoms with Crippen molar-refractivity contribution >= 4 is 40.7 Å². The number of benzene rings is 1. The molecule has 1 aliphatic rings. The Morgan fingerprint density at radius 1 is 1.39 bits per heavy atom. The number of anilines is 1. The lowest BCUT2D eigenvalue weighted by atomic mass is 10.2. The molecule has 5 nitrogen and oxygen atoms in total. The lowest BCUT2D eigenvalue weighted by Crippen LogP contribution is -2.43. The Kier molecular flexibility index (Phi) is 6.69. The average Bonchev–Trinajstić information content (AvgIpc) is 3.04. The maximum absolute atomic E-state index is 12.4. The number of hydrogen-bond acceptors (Lipinski definition) is 3. The first-order chi connectivity index (χ1) is 11.0. The van der Waals surface area contributed by atoms with E-state index >= 15 is 0 Å². The summed E-state index contributed by atoms with van der Waals surface area (Å²) in [5, 5.41) is 3.57. The van der Waals surface area contributed by atoms with Gasteiger partial charge in [0.15, 0.2) is 0 Å². The predicted octanol–water partition coefficient (Wildman–Crippen LogP) is 3.35. The van der Waals surface area contributed by atoms with Crippen LogP contribution < -0.4 is 5.32 Å². The summed E-state index contributed by atoms with van der Waals surface area (Å²) in [6.07, 6.45) is 1.93. The molecule has 0 saturated carbocycles. The first-order valence-corrected chi connectivity index (χ1v) is 8.42. The molecule has 2 rings (SSSR count). The van der Waals surface area contributed by atoms with Crippen LogP contribution in [0.2, 0.25) is 10.0 Å². The highest BCUT2D eigenvalue weighted by Gasteiger charge is 2.29. The highest BCUT2D eigenvalue weighted by Crippen LogP contribution is 2.25. The Labute approximate surface area is 145 Å². The highest BCUT2D eigenvalue weighted by atomic mass is 35.5. The largest absolute Gasteiger partial charge is 0.368 e. The maximum Gasteiger partial charge on any atom is 0.252 e. The Morgan fingerprint density at radius 2 is 2.17 bits per heavy atom. The molecule has 23 heavy (non-hydrogen) atoms. The van der Waals surface area contributed by atoms with Crippen LogP contribution in [-0.4, -0.2) is 42.5 Å². The molecule has 0 bridgehead atoms. The summed E-state index contributed by atoms with van der Waals surface area (Å²) in [7, 11) is 0. The van der Waals surface area contributed by atoms with Crippen LogP contribution in [0.1, 0.15) is 26.2 Å². The zero-order valence-electron chi connectivity index (χ0n) is 13.0. The second-order valence-corrected chi connectivity index (χ2v) is 6.28. The third kappa shape index (κ3) is 5.09. The van der Waals surface area contributed by atoms with E-state index in [1.54, 1.807) is 18.2 Å². The summed E-state index contributed by atoms with van der Waals surface area (Å²) in [5.41, 5.74) is 0.435. The molecule has 1 aromatic carbocycles. The van der Waals surface area contributed by atoms with E-state index in [4.69, 9.17) is 27.9 Å². The van der Waals surface area contributed by atoms with E-state index in [1.807, 2.05) is 6.92 Å². The second-order valence-electron chi connectivity index (χ2n) is 5.43. The monoisotopic (exact) mass is 358 g/mol. The van der Waals surface area contributed by atoms with Crippen LogP contribution >= 0.6 is 23.2 Å². The van der Waals surface area contributed by atoms with E-state index in [0.717, 1.165) is 12.8 Å². The molecule has 1 N–H and O–H groups in total. The van der Waals surface area contributed by atoms with Crippen molar-refractivity contribution in [1.29, 1.82) is 0 Å². The topological polar surface area (TPSA) is 58.6 Å². The standard InChI is InChI=1S/C16H20Cl2N2O3/c1-2-7-20(16(22)14-4-3-8-23-14)10-15(21)19-13-9-11(17)5-6-12(13)18/h5-6,9,14H,2-4,7-8,10H2,1H3,(H,19,21). The molecular weight excluding hydrogens is 339 g/mol. The molecule has 1 atom stereocenters. The normalized spacial score (nSPS) is 17.1. The SMILES string of the molecule is CCCN(CC(=O)Nc1cc(Cl)ccc1Cl)C(=O)C1CCCO1. The van der Waals surface area contributed by atoms with Gasteiger partial charge in [-0.3, -0.25) is 9.59 Å². The molecule has 1 unspecified atom stereocenters. The van der Waals surface area contributed by atoms with Gasteiger partial charge >= 0.3 is 0 Å². The van der Waals surface area contributed by atoms with Crippen LogP contribution in [-0.2, 0) is 14.3 Å². The van der Waals surface area contributed by atoms with Gasteiger partial charge in [0, 0.05) is 18.2 Å². The summed E-state index contributed by atoms with van der Waals surface area (Å²) >= 11 is 11.9. The number of rotatable bonds is 6. The van der Waals surface area contributed by atoms with Crippen LogP contribution in [0.25, 0.3) is 0 Å². The molecule has 7 heteroatoms. The van der Waals surface area contributed by atoms with E-state index in [2.05, 4.69) is 5.32 Å². The molecule has 0 aliphatic carbocycles. The number of nitrogens with zero attached hydrogens (tertiary/aromatic N) is 1. The molecule has 0 radical (unpaired) electrons. The minimum Gasteiger partial charge on any atom is -0.368 e. The van der Waals surface area contributed by atoms with Crippen LogP contribution in [0, 0.1) is 0 Å². The Bertz CT molecular complexity index is 574. The number of nitrogens with one attached hydrogen (secondary N) is 1. The molecule has 1 aromatic rings. The number of amides is 2. The van der Waals surface area contributed by atoms with Gasteiger partial charge in [-0.15, -0.1) is 0 Å². The summed E-state index contributed by atoms with van der Waals surface area (Å²) in [4.78, 5) is 26.2. The first-order valence-electron chi connectivity index (χ1n) is 7.66. The summed E-state index contributed by atoms with van der Waals surface area (Å²) < 4.78 is 5.42. The molecule has 126 valence electrons. The maximum atomic E-state index is 12.4. The predicted molar refractivity (Wildman–Crippen MR) is 90.9 cm³/mol. The Morgan fingerprint density at radius 3 is 2.83 bits per heavy atom. The lowest BCUT2D eigenvalue weighted by molar-refractivity contribution is -0.143. The Balaban J connectivity index is 1.99. The molecule has 0 aromatic heterocycles. The van der Waals surface area contributed by atoms with E-state index in [0.29, 0.717) is 35.3 Å². The van der Waals surface area contributed by atoms with E-state index in [-0.39, 0.29) is 18.4 Å². The fraction of sp³-hybridized carbons (Fsp3) is 0.500. The van der Waals surface area contributed by atoms with Gasteiger partial charge in [-0.25, -0.2) is 0 Å². The quantitative estimate of drug-likeness (QED) is 0.848. The van der Waals surface area contributed by atoms with E-state index in [1.165, 1.54) is 4.90 Å². The van der Waals surface area contributed by atoms with Gasteiger partial charge in [-0.2, -0.15) is 0 Å². The van der Waals surface area contributed by atoms with Crippen molar-refractivity contribution in [3.8, 4) is 0 Å². The zero-order valence-corrected chi connectivity index (χ0v) is 14.5. The minimum atomic E-state index is -0.427. The van der Waals surface area contributed by atoms with Crippen LogP contribution in [0.4, 0.5) is 5.69 Å². The number of halogens is 2. The van der Waals surface area contributed by atoms with Crippen molar-refractivity contribution in [1.82, 2.24) is 4.90 Å². The number of carbonyl (C=O) groups is 2. The highest BCUT2D eigenvalue weighted by molar-refractivity contribution is 6.35. The third-order valence-corrected chi connectivity index (χ3v) is 4.11. The minimum absolute atomic E-state index is 0.0324. The van der Waals surface area contributed by atoms with Crippen LogP contribution in [0.15, 0.2) is 18.2 Å². The van der Waals surface area contributed by atoms with Crippen molar-refractivity contribution in [3.63, 3.8) is 0 Å². The lowest BCUT2D eigenvalue weighted by Gasteiger charge is -2.24. The van der Waals surface area contributed by atoms with Gasteiger partial charge < -0.3 is 15.0 Å². The van der Waals surface area contributed by atoms with Gasteiger partial charge in [-0.1, -0.05) is 30.1 Å². The fourth-order valence-electron chi connectivity index (χ4n) is 2.47. The number of hydrogen-bond donors (Lipinski definition) is 1. The number of carbonyl (C=O) groups excluding carboxylic acids is 2. The first kappa shape index (κ1) is 18.0. The zero-order chi connectivity index (χ0) is 16.8. The summed E-state index contributed by atoms with van der Waals surface area (Å²) in [6.45, 7) is 3.03. The summed E-state index contributed by atoms with van der Waals surface area (Å²) in [6, 6.07) is 4.83. The van der Waals surface area contributed by atoms with E-state index in [9.17, 15) is 9.59 Å². The van der Waals surface area contributed by atoms with Crippen molar-refractivity contribution in [3.05, 3.63) is 28.2 Å². The van der Waals surface area contributed by atoms with E-state index < -0.39 is 6.10 Å². The molecule has 2 amide bonds. The summed E-state index contributed by atoms with van der Waals surface area (Å²) in [5.74, 6) is -0.439. The molecule has 1 heterocycles. The Hall–Kier alpha value is -1.30. The van der Waals surface area contributed by atoms with Gasteiger partial charge in [0.05, 0.1) is 17.3 Å². The molecule has 0 spiro atoms. The second kappa shape index (κ2) is 8.52. The third-order valence-electron chi connectivity index (χ3n) is 3.55. The smallest absolute Gasteiger partial charge is 0.252 e. The van der Waals surface area contributed by atoms with Crippen LogP contribution in [0.5, 0.6) is 0 Å². The van der Waals surface area contributed by atoms with Gasteiger partial charge in [0.2, 0.25) is 5.91 Å². The molecule has 1 saturated heterocycles. The van der Waals surface area contributed by atoms with Crippen molar-refractivity contribution < 1.29 is 14.3 Å². The fourth-order valence-corrected chi connectivity index (χ4v) is 2.81. The molecule has 1 aliphatic heterocycles. The van der Waals surface area contributed by atoms with Crippen molar-refractivity contribution in [2.75, 3.05) is 25.0 Å². The molecule has 1 fully saturated rings. The van der Waals surface area contributed by atoms with Crippen molar-refractivity contribution in [2.24, 2.45) is 0 Å². The van der Waals surface area contributed by atoms with Gasteiger partial charge in [-0.05, 0) is 37.5 Å². The number of ether oxygens (including phenoxy) is 1. The molecular formula is C16H20Cl2N2O3. The van der Waals surface area contributed by atoms with Gasteiger partial charge in [0.1, 0.15) is 6.10 Å². The van der Waals surface area contributed by atoms with Crippen LogP contribution in [0.3, 0.4) is 0 Å². The average molecular weight is 359 g/mol.